The summed E-state index contributed by atoms with van der Waals surface area (Å²) < 4.78 is 0. The molecule has 0 aromatic heterocycles. The maximum Gasteiger partial charge on any atom is 0.127 e. The van der Waals surface area contributed by atoms with Crippen LogP contribution in [-0.4, -0.2) is 7.28 Å². The van der Waals surface area contributed by atoms with E-state index in [1.807, 2.05) is 0 Å². The minimum absolute atomic E-state index is 1.15. The first-order chi connectivity index (χ1) is 7.90. The molecule has 4 rings (SSSR count). The van der Waals surface area contributed by atoms with Gasteiger partial charge in [0.15, 0.2) is 0 Å². The Morgan fingerprint density at radius 3 is 2.56 bits per heavy atom. The van der Waals surface area contributed by atoms with Crippen LogP contribution in [0.1, 0.15) is 57.8 Å². The molecule has 4 bridgehead atoms. The predicted octanol–water partition coefficient (Wildman–Crippen LogP) is 4.03. The highest BCUT2D eigenvalue weighted by molar-refractivity contribution is 6.40. The van der Waals surface area contributed by atoms with Crippen molar-refractivity contribution in [2.75, 3.05) is 0 Å². The first-order valence-electron chi connectivity index (χ1n) is 7.90. The molecule has 2 saturated heterocycles. The largest absolute Gasteiger partial charge is 0.127 e. The average Bonchev–Trinajstić information content (AvgIpc) is 2.91. The molecule has 0 amide bonds. The Kier molecular flexibility index (Phi) is 2.37. The SMILES string of the molecule is B1C2CCCC1C(C1CC3CCC1C3)CC2. The van der Waals surface area contributed by atoms with E-state index < -0.39 is 0 Å². The third kappa shape index (κ3) is 1.50. The third-order valence-electron chi connectivity index (χ3n) is 6.68. The zero-order chi connectivity index (χ0) is 10.5. The third-order valence-corrected chi connectivity index (χ3v) is 6.68. The van der Waals surface area contributed by atoms with Crippen LogP contribution in [0.5, 0.6) is 0 Å². The van der Waals surface area contributed by atoms with Crippen LogP contribution in [0, 0.1) is 23.7 Å². The zero-order valence-electron chi connectivity index (χ0n) is 10.5. The summed E-state index contributed by atoms with van der Waals surface area (Å²) in [6.45, 7) is 0. The molecule has 0 N–H and O–H groups in total. The van der Waals surface area contributed by atoms with Crippen molar-refractivity contribution >= 4 is 7.28 Å². The van der Waals surface area contributed by atoms with Crippen LogP contribution in [0.25, 0.3) is 0 Å². The van der Waals surface area contributed by atoms with E-state index in [-0.39, 0.29) is 0 Å². The van der Waals surface area contributed by atoms with Crippen LogP contribution >= 0.6 is 0 Å². The summed E-state index contributed by atoms with van der Waals surface area (Å²) in [7, 11) is 1.62. The molecule has 2 saturated carbocycles. The molecule has 1 heteroatoms. The van der Waals surface area contributed by atoms with Crippen molar-refractivity contribution in [1.82, 2.24) is 0 Å². The summed E-state index contributed by atoms with van der Waals surface area (Å²) in [5.74, 6) is 7.00. The smallest absolute Gasteiger partial charge is 0.0654 e. The molecule has 6 atom stereocenters. The van der Waals surface area contributed by atoms with Crippen molar-refractivity contribution in [2.24, 2.45) is 23.7 Å². The van der Waals surface area contributed by atoms with Crippen LogP contribution in [0.2, 0.25) is 11.6 Å². The Labute approximate surface area is 101 Å². The molecular weight excluding hydrogens is 191 g/mol. The Hall–Kier alpha value is 0.0649. The first kappa shape index (κ1) is 10.0. The zero-order valence-corrected chi connectivity index (χ0v) is 10.5. The Morgan fingerprint density at radius 2 is 1.75 bits per heavy atom. The standard InChI is InChI=1S/C15H25B/c1-2-12-6-7-13(15(3-1)16-12)14-9-10-4-5-11(14)8-10/h10-16H,1-9H2. The van der Waals surface area contributed by atoms with Crippen molar-refractivity contribution < 1.29 is 0 Å². The van der Waals surface area contributed by atoms with Gasteiger partial charge < -0.3 is 0 Å². The summed E-state index contributed by atoms with van der Waals surface area (Å²) >= 11 is 0. The molecule has 0 spiro atoms. The highest BCUT2D eigenvalue weighted by Gasteiger charge is 2.47. The fourth-order valence-corrected chi connectivity index (χ4v) is 6.03. The summed E-state index contributed by atoms with van der Waals surface area (Å²) in [4.78, 5) is 0. The lowest BCUT2D eigenvalue weighted by Gasteiger charge is -2.44. The van der Waals surface area contributed by atoms with Crippen LogP contribution in [-0.2, 0) is 0 Å². The van der Waals surface area contributed by atoms with Gasteiger partial charge in [0.25, 0.3) is 0 Å². The van der Waals surface area contributed by atoms with Gasteiger partial charge in [0, 0.05) is 0 Å². The summed E-state index contributed by atoms with van der Waals surface area (Å²) in [6, 6.07) is 0. The molecule has 16 heavy (non-hydrogen) atoms. The first-order valence-corrected chi connectivity index (χ1v) is 7.90. The van der Waals surface area contributed by atoms with Gasteiger partial charge in [-0.1, -0.05) is 50.2 Å². The minimum Gasteiger partial charge on any atom is -0.0654 e. The van der Waals surface area contributed by atoms with Gasteiger partial charge in [0.05, 0.1) is 0 Å². The quantitative estimate of drug-likeness (QED) is 0.580. The molecule has 0 aromatic carbocycles. The molecule has 88 valence electrons. The van der Waals surface area contributed by atoms with Gasteiger partial charge in [0.1, 0.15) is 7.28 Å². The molecule has 2 heterocycles. The van der Waals surface area contributed by atoms with Gasteiger partial charge in [-0.05, 0) is 42.9 Å². The van der Waals surface area contributed by atoms with Crippen LogP contribution in [0.15, 0.2) is 0 Å². The summed E-state index contributed by atoms with van der Waals surface area (Å²) in [5.41, 5.74) is 0. The normalized spacial score (nSPS) is 55.0. The highest BCUT2D eigenvalue weighted by Crippen LogP contribution is 2.57. The van der Waals surface area contributed by atoms with E-state index in [0.717, 1.165) is 17.6 Å². The van der Waals surface area contributed by atoms with Crippen molar-refractivity contribution in [3.05, 3.63) is 0 Å². The van der Waals surface area contributed by atoms with Crippen molar-refractivity contribution in [1.29, 1.82) is 0 Å². The predicted molar refractivity (Wildman–Crippen MR) is 70.2 cm³/mol. The van der Waals surface area contributed by atoms with Crippen LogP contribution in [0.4, 0.5) is 0 Å². The second-order valence-corrected chi connectivity index (χ2v) is 7.37. The van der Waals surface area contributed by atoms with Crippen LogP contribution in [0.3, 0.4) is 0 Å². The van der Waals surface area contributed by atoms with E-state index in [1.165, 1.54) is 17.8 Å². The molecule has 0 nitrogen and oxygen atoms in total. The molecule has 2 aliphatic carbocycles. The maximum absolute atomic E-state index is 1.64. The Morgan fingerprint density at radius 1 is 0.750 bits per heavy atom. The monoisotopic (exact) mass is 216 g/mol. The molecular formula is C15H25B. The number of fused-ring (bicyclic) bond motifs is 4. The molecule has 0 aromatic rings. The van der Waals surface area contributed by atoms with E-state index in [1.54, 1.807) is 65.1 Å². The lowest BCUT2D eigenvalue weighted by Crippen LogP contribution is -2.35. The highest BCUT2D eigenvalue weighted by atomic mass is 14.5. The van der Waals surface area contributed by atoms with Gasteiger partial charge in [0.2, 0.25) is 0 Å². The second kappa shape index (κ2) is 3.78. The Balaban J connectivity index is 1.50. The molecule has 6 unspecified atom stereocenters. The van der Waals surface area contributed by atoms with Crippen molar-refractivity contribution in [3.63, 3.8) is 0 Å². The number of rotatable bonds is 1. The number of hydrogen-bond donors (Lipinski definition) is 0. The molecule has 0 radical (unpaired) electrons. The lowest BCUT2D eigenvalue weighted by molar-refractivity contribution is 0.178. The molecule has 4 fully saturated rings. The topological polar surface area (TPSA) is 0 Å². The van der Waals surface area contributed by atoms with Gasteiger partial charge >= 0.3 is 0 Å². The fourth-order valence-electron chi connectivity index (χ4n) is 6.03. The number of hydrogen-bond acceptors (Lipinski definition) is 0. The molecule has 2 aliphatic heterocycles. The van der Waals surface area contributed by atoms with Gasteiger partial charge in [-0.15, -0.1) is 0 Å². The average molecular weight is 216 g/mol. The second-order valence-electron chi connectivity index (χ2n) is 7.37. The summed E-state index contributed by atoms with van der Waals surface area (Å²) in [6.07, 6.45) is 14.4. The van der Waals surface area contributed by atoms with E-state index >= 15 is 0 Å². The molecule has 4 aliphatic rings. The van der Waals surface area contributed by atoms with E-state index in [0.29, 0.717) is 0 Å². The maximum atomic E-state index is 1.64. The van der Waals surface area contributed by atoms with E-state index in [4.69, 9.17) is 0 Å². The van der Waals surface area contributed by atoms with Crippen LogP contribution < -0.4 is 0 Å². The fraction of sp³-hybridized carbons (Fsp3) is 1.00. The minimum atomic E-state index is 1.15. The van der Waals surface area contributed by atoms with Gasteiger partial charge in [-0.3, -0.25) is 0 Å². The summed E-state index contributed by atoms with van der Waals surface area (Å²) in [5, 5.41) is 0. The Bertz CT molecular complexity index is 275. The van der Waals surface area contributed by atoms with Crippen molar-refractivity contribution in [3.8, 4) is 0 Å². The van der Waals surface area contributed by atoms with Gasteiger partial charge in [-0.2, -0.15) is 0 Å². The van der Waals surface area contributed by atoms with E-state index in [9.17, 15) is 0 Å². The van der Waals surface area contributed by atoms with Gasteiger partial charge in [-0.25, -0.2) is 0 Å². The lowest BCUT2D eigenvalue weighted by atomic mass is 9.39. The van der Waals surface area contributed by atoms with E-state index in [2.05, 4.69) is 0 Å². The van der Waals surface area contributed by atoms with Crippen molar-refractivity contribution in [2.45, 2.75) is 69.4 Å².